The van der Waals surface area contributed by atoms with Crippen molar-refractivity contribution in [3.63, 3.8) is 0 Å². The number of nitrogens with one attached hydrogen (secondary N) is 2. The first-order valence-corrected chi connectivity index (χ1v) is 10.3. The van der Waals surface area contributed by atoms with E-state index in [1.165, 1.54) is 5.56 Å². The number of guanidine groups is 1. The van der Waals surface area contributed by atoms with Gasteiger partial charge in [-0.05, 0) is 49.6 Å². The average molecular weight is 524 g/mol. The van der Waals surface area contributed by atoms with Gasteiger partial charge >= 0.3 is 0 Å². The molecule has 30 heavy (non-hydrogen) atoms. The number of halogens is 1. The fourth-order valence-electron chi connectivity index (χ4n) is 3.59. The minimum atomic E-state index is 0. The predicted octanol–water partition coefficient (Wildman–Crippen LogP) is 3.70. The zero-order chi connectivity index (χ0) is 20.5. The summed E-state index contributed by atoms with van der Waals surface area (Å²) in [4.78, 5) is 7.14. The van der Waals surface area contributed by atoms with Crippen LogP contribution >= 0.6 is 24.0 Å². The Morgan fingerprint density at radius 1 is 1.10 bits per heavy atom. The van der Waals surface area contributed by atoms with Crippen LogP contribution in [0.2, 0.25) is 0 Å². The third-order valence-electron chi connectivity index (χ3n) is 5.13. The number of nitrogens with zero attached hydrogens (tertiary/aromatic N) is 2. The Morgan fingerprint density at radius 2 is 1.87 bits per heavy atom. The molecule has 0 aromatic heterocycles. The Balaban J connectivity index is 0.00000320. The highest BCUT2D eigenvalue weighted by Crippen LogP contribution is 2.30. The quantitative estimate of drug-likeness (QED) is 0.314. The van der Waals surface area contributed by atoms with E-state index in [2.05, 4.69) is 46.7 Å². The van der Waals surface area contributed by atoms with Gasteiger partial charge in [-0.1, -0.05) is 24.3 Å². The normalized spacial score (nSPS) is 16.0. The third kappa shape index (κ3) is 6.68. The summed E-state index contributed by atoms with van der Waals surface area (Å²) in [5.74, 6) is 2.69. The molecule has 1 saturated heterocycles. The minimum Gasteiger partial charge on any atom is -0.497 e. The number of benzene rings is 2. The van der Waals surface area contributed by atoms with E-state index < -0.39 is 0 Å². The molecule has 0 spiro atoms. The molecule has 7 heteroatoms. The van der Waals surface area contributed by atoms with Crippen LogP contribution in [-0.2, 0) is 6.42 Å². The van der Waals surface area contributed by atoms with Crippen LogP contribution in [-0.4, -0.2) is 52.4 Å². The maximum absolute atomic E-state index is 5.52. The highest BCUT2D eigenvalue weighted by molar-refractivity contribution is 14.0. The van der Waals surface area contributed by atoms with Crippen LogP contribution in [0.15, 0.2) is 53.5 Å². The average Bonchev–Trinajstić information content (AvgIpc) is 3.22. The van der Waals surface area contributed by atoms with E-state index in [1.807, 2.05) is 24.3 Å². The molecule has 0 saturated carbocycles. The van der Waals surface area contributed by atoms with Crippen LogP contribution < -0.4 is 25.0 Å². The molecule has 6 nitrogen and oxygen atoms in total. The summed E-state index contributed by atoms with van der Waals surface area (Å²) in [6.07, 6.45) is 1.97. The highest BCUT2D eigenvalue weighted by Gasteiger charge is 2.25. The molecule has 2 N–H and O–H groups in total. The van der Waals surface area contributed by atoms with Crippen molar-refractivity contribution in [1.82, 2.24) is 10.6 Å². The summed E-state index contributed by atoms with van der Waals surface area (Å²) in [7, 11) is 3.41. The first-order valence-electron chi connectivity index (χ1n) is 10.3. The van der Waals surface area contributed by atoms with Crippen LogP contribution in [0.4, 0.5) is 5.69 Å². The summed E-state index contributed by atoms with van der Waals surface area (Å²) < 4.78 is 10.7. The monoisotopic (exact) mass is 524 g/mol. The molecule has 2 aromatic rings. The lowest BCUT2D eigenvalue weighted by atomic mass is 10.1. The zero-order valence-electron chi connectivity index (χ0n) is 18.1. The molecule has 164 valence electrons. The maximum atomic E-state index is 5.52. The predicted molar refractivity (Wildman–Crippen MR) is 135 cm³/mol. The van der Waals surface area contributed by atoms with Gasteiger partial charge < -0.3 is 25.0 Å². The molecule has 1 fully saturated rings. The molecule has 3 rings (SSSR count). The molecule has 0 aliphatic carbocycles. The van der Waals surface area contributed by atoms with E-state index in [-0.39, 0.29) is 24.0 Å². The number of para-hydroxylation sites is 2. The molecular weight excluding hydrogens is 491 g/mol. The van der Waals surface area contributed by atoms with Crippen molar-refractivity contribution in [2.24, 2.45) is 4.99 Å². The lowest BCUT2D eigenvalue weighted by molar-refractivity contribution is 0.414. The second-order valence-electron chi connectivity index (χ2n) is 7.11. The van der Waals surface area contributed by atoms with E-state index in [9.17, 15) is 0 Å². The van der Waals surface area contributed by atoms with Crippen LogP contribution in [0, 0.1) is 0 Å². The third-order valence-corrected chi connectivity index (χ3v) is 5.13. The van der Waals surface area contributed by atoms with Crippen LogP contribution in [0.1, 0.15) is 18.9 Å². The maximum Gasteiger partial charge on any atom is 0.191 e. The number of aliphatic imine (C=N–C) groups is 1. The SMILES string of the molecule is CCNC(=NCCc1ccc(OC)cc1)NC1CCN(c2ccccc2OC)C1.I. The van der Waals surface area contributed by atoms with Gasteiger partial charge in [0.15, 0.2) is 5.96 Å². The molecule has 2 aromatic carbocycles. The van der Waals surface area contributed by atoms with Crippen molar-refractivity contribution < 1.29 is 9.47 Å². The fraction of sp³-hybridized carbons (Fsp3) is 0.435. The molecular formula is C23H33IN4O2. The van der Waals surface area contributed by atoms with Gasteiger partial charge in [0.2, 0.25) is 0 Å². The van der Waals surface area contributed by atoms with Gasteiger partial charge in [-0.15, -0.1) is 24.0 Å². The van der Waals surface area contributed by atoms with Gasteiger partial charge in [-0.25, -0.2) is 0 Å². The molecule has 0 radical (unpaired) electrons. The van der Waals surface area contributed by atoms with Crippen molar-refractivity contribution in [1.29, 1.82) is 0 Å². The summed E-state index contributed by atoms with van der Waals surface area (Å²) in [5, 5.41) is 6.96. The summed E-state index contributed by atoms with van der Waals surface area (Å²) >= 11 is 0. The summed E-state index contributed by atoms with van der Waals surface area (Å²) in [6, 6.07) is 16.7. The Bertz CT molecular complexity index is 798. The lowest BCUT2D eigenvalue weighted by Crippen LogP contribution is -2.44. The minimum absolute atomic E-state index is 0. The van der Waals surface area contributed by atoms with Gasteiger partial charge in [-0.2, -0.15) is 0 Å². The molecule has 1 aliphatic rings. The Morgan fingerprint density at radius 3 is 2.57 bits per heavy atom. The van der Waals surface area contributed by atoms with Gasteiger partial charge in [0.1, 0.15) is 11.5 Å². The Labute approximate surface area is 197 Å². The van der Waals surface area contributed by atoms with Crippen LogP contribution in [0.5, 0.6) is 11.5 Å². The standard InChI is InChI=1S/C23H32N4O2.HI/c1-4-24-23(25-15-13-18-9-11-20(28-2)12-10-18)26-19-14-16-27(17-19)21-7-5-6-8-22(21)29-3;/h5-12,19H,4,13-17H2,1-3H3,(H2,24,25,26);1H. The highest BCUT2D eigenvalue weighted by atomic mass is 127. The molecule has 1 aliphatic heterocycles. The van der Waals surface area contributed by atoms with E-state index in [0.29, 0.717) is 6.04 Å². The Kier molecular flexibility index (Phi) is 10.1. The lowest BCUT2D eigenvalue weighted by Gasteiger charge is -2.22. The number of anilines is 1. The van der Waals surface area contributed by atoms with Gasteiger partial charge in [0, 0.05) is 32.2 Å². The summed E-state index contributed by atoms with van der Waals surface area (Å²) in [6.45, 7) is 5.62. The fourth-order valence-corrected chi connectivity index (χ4v) is 3.59. The number of rotatable bonds is 8. The van der Waals surface area contributed by atoms with E-state index in [4.69, 9.17) is 14.5 Å². The van der Waals surface area contributed by atoms with Crippen molar-refractivity contribution in [2.75, 3.05) is 45.3 Å². The second-order valence-corrected chi connectivity index (χ2v) is 7.11. The van der Waals surface area contributed by atoms with Gasteiger partial charge in [0.25, 0.3) is 0 Å². The van der Waals surface area contributed by atoms with E-state index in [0.717, 1.165) is 62.2 Å². The molecule has 0 bridgehead atoms. The first-order chi connectivity index (χ1) is 14.2. The largest absolute Gasteiger partial charge is 0.497 e. The first kappa shape index (κ1) is 24.1. The van der Waals surface area contributed by atoms with Crippen molar-refractivity contribution in [3.8, 4) is 11.5 Å². The van der Waals surface area contributed by atoms with E-state index in [1.54, 1.807) is 14.2 Å². The Hall–Kier alpha value is -2.16. The number of hydrogen-bond acceptors (Lipinski definition) is 4. The smallest absolute Gasteiger partial charge is 0.191 e. The summed E-state index contributed by atoms with van der Waals surface area (Å²) in [5.41, 5.74) is 2.41. The molecule has 1 atom stereocenters. The number of methoxy groups -OCH3 is 2. The van der Waals surface area contributed by atoms with Crippen molar-refractivity contribution >= 4 is 35.6 Å². The van der Waals surface area contributed by atoms with Crippen LogP contribution in [0.3, 0.4) is 0 Å². The van der Waals surface area contributed by atoms with E-state index >= 15 is 0 Å². The number of ether oxygens (including phenoxy) is 2. The van der Waals surface area contributed by atoms with Gasteiger partial charge in [-0.3, -0.25) is 4.99 Å². The molecule has 1 heterocycles. The van der Waals surface area contributed by atoms with Crippen LogP contribution in [0.25, 0.3) is 0 Å². The molecule has 0 amide bonds. The zero-order valence-corrected chi connectivity index (χ0v) is 20.4. The van der Waals surface area contributed by atoms with Gasteiger partial charge in [0.05, 0.1) is 19.9 Å². The van der Waals surface area contributed by atoms with Crippen molar-refractivity contribution in [3.05, 3.63) is 54.1 Å². The molecule has 1 unspecified atom stereocenters. The van der Waals surface area contributed by atoms with Crippen molar-refractivity contribution in [2.45, 2.75) is 25.8 Å². The topological polar surface area (TPSA) is 58.1 Å². The second kappa shape index (κ2) is 12.5. The number of hydrogen-bond donors (Lipinski definition) is 2.